The molecule has 1 aliphatic rings. The molecule has 0 aliphatic heterocycles. The van der Waals surface area contributed by atoms with Gasteiger partial charge in [0.1, 0.15) is 5.56 Å². The highest BCUT2D eigenvalue weighted by Crippen LogP contribution is 2.28. The van der Waals surface area contributed by atoms with E-state index in [0.717, 1.165) is 19.3 Å². The van der Waals surface area contributed by atoms with E-state index in [9.17, 15) is 9.90 Å². The second kappa shape index (κ2) is 6.52. The van der Waals surface area contributed by atoms with E-state index in [1.165, 1.54) is 7.11 Å². The maximum atomic E-state index is 11.8. The van der Waals surface area contributed by atoms with Gasteiger partial charge in [-0.1, -0.05) is 19.1 Å². The lowest BCUT2D eigenvalue weighted by Crippen LogP contribution is -2.21. The van der Waals surface area contributed by atoms with Gasteiger partial charge in [-0.3, -0.25) is 0 Å². The molecular formula is C15H19NO4. The van der Waals surface area contributed by atoms with E-state index in [2.05, 4.69) is 11.6 Å². The molecule has 1 aromatic heterocycles. The largest absolute Gasteiger partial charge is 0.477 e. The molecule has 2 rings (SSSR count). The van der Waals surface area contributed by atoms with Crippen molar-refractivity contribution in [2.75, 3.05) is 13.7 Å². The smallest absolute Gasteiger partial charge is 0.344 e. The summed E-state index contributed by atoms with van der Waals surface area (Å²) in [7, 11) is 1.31. The number of pyridine rings is 1. The predicted molar refractivity (Wildman–Crippen MR) is 74.5 cm³/mol. The van der Waals surface area contributed by atoms with Crippen molar-refractivity contribution in [3.63, 3.8) is 0 Å². The highest BCUT2D eigenvalue weighted by molar-refractivity contribution is 5.95. The quantitative estimate of drug-likeness (QED) is 0.834. The number of aliphatic hydroxyl groups is 1. The first-order valence-electron chi connectivity index (χ1n) is 6.68. The van der Waals surface area contributed by atoms with Gasteiger partial charge in [0.2, 0.25) is 5.88 Å². The Morgan fingerprint density at radius 3 is 3.00 bits per heavy atom. The van der Waals surface area contributed by atoms with E-state index in [4.69, 9.17) is 9.47 Å². The van der Waals surface area contributed by atoms with Gasteiger partial charge in [0.05, 0.1) is 19.8 Å². The molecule has 108 valence electrons. The molecule has 5 nitrogen and oxygen atoms in total. The minimum absolute atomic E-state index is 0.0923. The highest BCUT2D eigenvalue weighted by atomic mass is 16.5. The fourth-order valence-corrected chi connectivity index (χ4v) is 2.44. The van der Waals surface area contributed by atoms with Crippen LogP contribution in [0.3, 0.4) is 0 Å². The molecule has 5 heteroatoms. The number of aromatic nitrogens is 1. The van der Waals surface area contributed by atoms with Crippen LogP contribution in [0.4, 0.5) is 0 Å². The summed E-state index contributed by atoms with van der Waals surface area (Å²) in [5.74, 6) is -0.182. The number of hydrogen-bond acceptors (Lipinski definition) is 5. The Labute approximate surface area is 118 Å². The predicted octanol–water partition coefficient (Wildman–Crippen LogP) is 2.05. The Morgan fingerprint density at radius 2 is 2.40 bits per heavy atom. The van der Waals surface area contributed by atoms with Gasteiger partial charge in [-0.2, -0.15) is 0 Å². The Hall–Kier alpha value is -1.88. The molecule has 1 heterocycles. The fourth-order valence-electron chi connectivity index (χ4n) is 2.44. The summed E-state index contributed by atoms with van der Waals surface area (Å²) in [4.78, 5) is 15.9. The van der Waals surface area contributed by atoms with Crippen LogP contribution < -0.4 is 4.74 Å². The molecule has 1 aromatic rings. The van der Waals surface area contributed by atoms with E-state index in [0.29, 0.717) is 12.2 Å². The van der Waals surface area contributed by atoms with Gasteiger partial charge in [-0.25, -0.2) is 9.78 Å². The van der Waals surface area contributed by atoms with Crippen LogP contribution in [0.1, 0.15) is 35.2 Å². The van der Waals surface area contributed by atoms with Crippen molar-refractivity contribution >= 4 is 12.0 Å². The van der Waals surface area contributed by atoms with Gasteiger partial charge in [0.15, 0.2) is 0 Å². The highest BCUT2D eigenvalue weighted by Gasteiger charge is 2.27. The van der Waals surface area contributed by atoms with Crippen molar-refractivity contribution in [3.8, 4) is 5.88 Å². The Kier molecular flexibility index (Phi) is 4.74. The molecule has 1 saturated carbocycles. The zero-order valence-electron chi connectivity index (χ0n) is 11.5. The number of nitrogens with zero attached hydrogens (tertiary/aromatic N) is 1. The van der Waals surface area contributed by atoms with Gasteiger partial charge in [0.25, 0.3) is 0 Å². The molecule has 1 N–H and O–H groups in total. The van der Waals surface area contributed by atoms with Gasteiger partial charge >= 0.3 is 5.97 Å². The van der Waals surface area contributed by atoms with Crippen LogP contribution in [0.2, 0.25) is 0 Å². The van der Waals surface area contributed by atoms with Crippen LogP contribution in [0.5, 0.6) is 5.88 Å². The third-order valence-electron chi connectivity index (χ3n) is 3.61. The maximum absolute atomic E-state index is 11.8. The minimum Gasteiger partial charge on any atom is -0.477 e. The Morgan fingerprint density at radius 1 is 1.60 bits per heavy atom. The summed E-state index contributed by atoms with van der Waals surface area (Å²) in [5.41, 5.74) is 0.895. The van der Waals surface area contributed by atoms with Crippen LogP contribution in [0.15, 0.2) is 18.8 Å². The molecule has 0 spiro atoms. The maximum Gasteiger partial charge on any atom is 0.344 e. The average Bonchev–Trinajstić information content (AvgIpc) is 2.89. The molecule has 0 amide bonds. The monoisotopic (exact) mass is 277 g/mol. The molecule has 0 radical (unpaired) electrons. The summed E-state index contributed by atoms with van der Waals surface area (Å²) < 4.78 is 10.4. The molecule has 2 atom stereocenters. The molecular weight excluding hydrogens is 258 g/mol. The van der Waals surface area contributed by atoms with Crippen molar-refractivity contribution in [2.45, 2.75) is 25.4 Å². The first-order chi connectivity index (χ1) is 9.67. The molecule has 20 heavy (non-hydrogen) atoms. The van der Waals surface area contributed by atoms with E-state index in [1.807, 2.05) is 0 Å². The first-order valence-corrected chi connectivity index (χ1v) is 6.68. The number of hydrogen-bond donors (Lipinski definition) is 1. The number of aliphatic hydroxyl groups excluding tert-OH is 1. The van der Waals surface area contributed by atoms with Gasteiger partial charge in [0, 0.05) is 12.1 Å². The fraction of sp³-hybridized carbons (Fsp3) is 0.467. The van der Waals surface area contributed by atoms with Gasteiger partial charge in [-0.15, -0.1) is 0 Å². The van der Waals surface area contributed by atoms with Crippen LogP contribution in [-0.2, 0) is 4.74 Å². The second-order valence-corrected chi connectivity index (χ2v) is 4.85. The van der Waals surface area contributed by atoms with Crippen LogP contribution in [0.25, 0.3) is 6.08 Å². The van der Waals surface area contributed by atoms with Crippen molar-refractivity contribution in [1.29, 1.82) is 0 Å². The SMILES string of the molecule is C=Cc1ccnc(OC[C@H]2CCC[C@@H]2O)c1C(=O)OC. The second-order valence-electron chi connectivity index (χ2n) is 4.85. The number of methoxy groups -OCH3 is 1. The van der Waals surface area contributed by atoms with E-state index in [-0.39, 0.29) is 23.5 Å². The lowest BCUT2D eigenvalue weighted by molar-refractivity contribution is 0.0589. The lowest BCUT2D eigenvalue weighted by atomic mass is 10.1. The van der Waals surface area contributed by atoms with Gasteiger partial charge in [-0.05, 0) is 24.5 Å². The zero-order chi connectivity index (χ0) is 14.5. The molecule has 0 aromatic carbocycles. The van der Waals surface area contributed by atoms with E-state index >= 15 is 0 Å². The zero-order valence-corrected chi connectivity index (χ0v) is 11.5. The Balaban J connectivity index is 2.18. The number of ether oxygens (including phenoxy) is 2. The topological polar surface area (TPSA) is 68.7 Å². The summed E-state index contributed by atoms with van der Waals surface area (Å²) in [6, 6.07) is 1.68. The number of rotatable bonds is 5. The standard InChI is InChI=1S/C15H19NO4/c1-3-10-7-8-16-14(13(10)15(18)19-2)20-9-11-5-4-6-12(11)17/h3,7-8,11-12,17H,1,4-6,9H2,2H3/t11-,12+/m1/s1. The van der Waals surface area contributed by atoms with Crippen LogP contribution in [0, 0.1) is 5.92 Å². The summed E-state index contributed by atoms with van der Waals surface area (Å²) in [5, 5.41) is 9.78. The Bertz CT molecular complexity index is 501. The third-order valence-corrected chi connectivity index (χ3v) is 3.61. The van der Waals surface area contributed by atoms with Crippen molar-refractivity contribution in [1.82, 2.24) is 4.98 Å². The molecule has 0 bridgehead atoms. The molecule has 0 unspecified atom stereocenters. The van der Waals surface area contributed by atoms with E-state index in [1.54, 1.807) is 18.3 Å². The molecule has 0 saturated heterocycles. The third kappa shape index (κ3) is 2.99. The molecule has 1 aliphatic carbocycles. The van der Waals surface area contributed by atoms with Crippen LogP contribution >= 0.6 is 0 Å². The average molecular weight is 277 g/mol. The summed E-state index contributed by atoms with van der Waals surface area (Å²) in [6.07, 6.45) is 5.52. The van der Waals surface area contributed by atoms with Crippen LogP contribution in [-0.4, -0.2) is 35.9 Å². The normalized spacial score (nSPS) is 21.5. The van der Waals surface area contributed by atoms with Crippen molar-refractivity contribution < 1.29 is 19.4 Å². The summed E-state index contributed by atoms with van der Waals surface area (Å²) in [6.45, 7) is 4.01. The van der Waals surface area contributed by atoms with Crippen molar-refractivity contribution in [2.24, 2.45) is 5.92 Å². The summed E-state index contributed by atoms with van der Waals surface area (Å²) >= 11 is 0. The van der Waals surface area contributed by atoms with Gasteiger partial charge < -0.3 is 14.6 Å². The first kappa shape index (κ1) is 14.5. The number of esters is 1. The van der Waals surface area contributed by atoms with Crippen molar-refractivity contribution in [3.05, 3.63) is 30.0 Å². The number of carbonyl (C=O) groups excluding carboxylic acids is 1. The molecule has 1 fully saturated rings. The minimum atomic E-state index is -0.505. The number of carbonyl (C=O) groups is 1. The van der Waals surface area contributed by atoms with E-state index < -0.39 is 5.97 Å². The lowest BCUT2D eigenvalue weighted by Gasteiger charge is -2.16.